The van der Waals surface area contributed by atoms with Gasteiger partial charge in [-0.15, -0.1) is 12.4 Å². The molecule has 1 saturated heterocycles. The van der Waals surface area contributed by atoms with Crippen LogP contribution >= 0.6 is 12.4 Å². The maximum absolute atomic E-state index is 12.5. The van der Waals surface area contributed by atoms with Gasteiger partial charge in [-0.1, -0.05) is 35.9 Å². The van der Waals surface area contributed by atoms with Gasteiger partial charge < -0.3 is 20.5 Å². The van der Waals surface area contributed by atoms with Gasteiger partial charge in [-0.25, -0.2) is 0 Å². The lowest BCUT2D eigenvalue weighted by Crippen LogP contribution is -2.56. The van der Waals surface area contributed by atoms with E-state index in [1.165, 1.54) is 5.56 Å². The number of carbonyl (C=O) groups excluding carboxylic acids is 1. The first-order valence-electron chi connectivity index (χ1n) is 8.54. The Balaban J connectivity index is 0.00000243. The van der Waals surface area contributed by atoms with Crippen molar-refractivity contribution in [3.8, 4) is 11.5 Å². The largest absolute Gasteiger partial charge is 0.457 e. The summed E-state index contributed by atoms with van der Waals surface area (Å²) in [4.78, 5) is 12.5. The van der Waals surface area contributed by atoms with Gasteiger partial charge in [0.2, 0.25) is 5.91 Å². The van der Waals surface area contributed by atoms with E-state index in [0.717, 1.165) is 17.1 Å². The van der Waals surface area contributed by atoms with Crippen molar-refractivity contribution >= 4 is 18.3 Å². The predicted molar refractivity (Wildman–Crippen MR) is 104 cm³/mol. The number of rotatable bonds is 5. The van der Waals surface area contributed by atoms with Crippen molar-refractivity contribution in [2.45, 2.75) is 31.8 Å². The second-order valence-corrected chi connectivity index (χ2v) is 6.47. The van der Waals surface area contributed by atoms with Crippen molar-refractivity contribution in [1.29, 1.82) is 0 Å². The van der Waals surface area contributed by atoms with E-state index in [4.69, 9.17) is 15.2 Å². The third-order valence-corrected chi connectivity index (χ3v) is 4.50. The molecule has 1 aliphatic rings. The van der Waals surface area contributed by atoms with E-state index in [9.17, 15) is 4.79 Å². The number of benzene rings is 2. The van der Waals surface area contributed by atoms with Crippen LogP contribution in [0.15, 0.2) is 48.5 Å². The van der Waals surface area contributed by atoms with Crippen LogP contribution in [0.3, 0.4) is 0 Å². The first-order valence-corrected chi connectivity index (χ1v) is 8.54. The number of para-hydroxylation sites is 1. The Morgan fingerprint density at radius 1 is 1.15 bits per heavy atom. The van der Waals surface area contributed by atoms with Gasteiger partial charge in [0.1, 0.15) is 11.5 Å². The molecule has 1 amide bonds. The second kappa shape index (κ2) is 9.03. The SMILES string of the molecule is Cc1ccc(Oc2ccccc2CNC(=O)C2(N)CCOCC2)cc1.Cl. The number of hydrogen-bond donors (Lipinski definition) is 2. The lowest BCUT2D eigenvalue weighted by Gasteiger charge is -2.31. The molecule has 0 atom stereocenters. The minimum Gasteiger partial charge on any atom is -0.457 e. The van der Waals surface area contributed by atoms with Crippen molar-refractivity contribution in [2.75, 3.05) is 13.2 Å². The fraction of sp³-hybridized carbons (Fsp3) is 0.350. The zero-order chi connectivity index (χ0) is 17.7. The molecule has 0 spiro atoms. The fourth-order valence-electron chi connectivity index (χ4n) is 2.80. The number of halogens is 1. The fourth-order valence-corrected chi connectivity index (χ4v) is 2.80. The van der Waals surface area contributed by atoms with Gasteiger partial charge in [0.25, 0.3) is 0 Å². The number of hydrogen-bond acceptors (Lipinski definition) is 4. The van der Waals surface area contributed by atoms with E-state index in [2.05, 4.69) is 5.32 Å². The number of ether oxygens (including phenoxy) is 2. The zero-order valence-electron chi connectivity index (χ0n) is 14.9. The molecule has 1 heterocycles. The van der Waals surface area contributed by atoms with Gasteiger partial charge in [0.15, 0.2) is 0 Å². The molecule has 1 fully saturated rings. The molecule has 3 N–H and O–H groups in total. The smallest absolute Gasteiger partial charge is 0.240 e. The molecule has 0 radical (unpaired) electrons. The van der Waals surface area contributed by atoms with Gasteiger partial charge in [0.05, 0.1) is 5.54 Å². The number of nitrogens with one attached hydrogen (secondary N) is 1. The Kier molecular flexibility index (Phi) is 7.03. The topological polar surface area (TPSA) is 73.6 Å². The van der Waals surface area contributed by atoms with Crippen LogP contribution in [0.2, 0.25) is 0 Å². The molecule has 0 saturated carbocycles. The summed E-state index contributed by atoms with van der Waals surface area (Å²) >= 11 is 0. The Hall–Kier alpha value is -2.08. The summed E-state index contributed by atoms with van der Waals surface area (Å²) in [7, 11) is 0. The average Bonchev–Trinajstić information content (AvgIpc) is 2.63. The van der Waals surface area contributed by atoms with Crippen LogP contribution in [-0.4, -0.2) is 24.7 Å². The maximum Gasteiger partial charge on any atom is 0.240 e. The van der Waals surface area contributed by atoms with Crippen molar-refractivity contribution in [3.63, 3.8) is 0 Å². The van der Waals surface area contributed by atoms with E-state index in [0.29, 0.717) is 32.6 Å². The Morgan fingerprint density at radius 2 is 1.81 bits per heavy atom. The molecule has 0 aliphatic carbocycles. The molecule has 6 heteroatoms. The van der Waals surface area contributed by atoms with Crippen LogP contribution in [0.1, 0.15) is 24.0 Å². The van der Waals surface area contributed by atoms with E-state index < -0.39 is 5.54 Å². The molecule has 2 aromatic rings. The Labute approximate surface area is 160 Å². The van der Waals surface area contributed by atoms with Gasteiger partial charge in [0, 0.05) is 25.3 Å². The van der Waals surface area contributed by atoms with Gasteiger partial charge >= 0.3 is 0 Å². The summed E-state index contributed by atoms with van der Waals surface area (Å²) in [5, 5.41) is 2.94. The highest BCUT2D eigenvalue weighted by Crippen LogP contribution is 2.26. The van der Waals surface area contributed by atoms with Crippen molar-refractivity contribution < 1.29 is 14.3 Å². The van der Waals surface area contributed by atoms with Crippen LogP contribution in [0.4, 0.5) is 0 Å². The lowest BCUT2D eigenvalue weighted by atomic mass is 9.90. The number of carbonyl (C=O) groups is 1. The van der Waals surface area contributed by atoms with Gasteiger partial charge in [-0.2, -0.15) is 0 Å². The summed E-state index contributed by atoms with van der Waals surface area (Å²) in [5.74, 6) is 1.36. The highest BCUT2D eigenvalue weighted by Gasteiger charge is 2.35. The molecule has 5 nitrogen and oxygen atoms in total. The van der Waals surface area contributed by atoms with Gasteiger partial charge in [-0.05, 0) is 38.0 Å². The average molecular weight is 377 g/mol. The molecular weight excluding hydrogens is 352 g/mol. The monoisotopic (exact) mass is 376 g/mol. The summed E-state index contributed by atoms with van der Waals surface area (Å²) in [6.45, 7) is 3.46. The molecule has 0 aromatic heterocycles. The summed E-state index contributed by atoms with van der Waals surface area (Å²) < 4.78 is 11.3. The number of nitrogens with two attached hydrogens (primary N) is 1. The van der Waals surface area contributed by atoms with Crippen LogP contribution in [-0.2, 0) is 16.1 Å². The van der Waals surface area contributed by atoms with Crippen molar-refractivity contribution in [1.82, 2.24) is 5.32 Å². The van der Waals surface area contributed by atoms with Crippen LogP contribution in [0.5, 0.6) is 11.5 Å². The third-order valence-electron chi connectivity index (χ3n) is 4.50. The summed E-state index contributed by atoms with van der Waals surface area (Å²) in [6.07, 6.45) is 1.08. The van der Waals surface area contributed by atoms with Crippen LogP contribution in [0.25, 0.3) is 0 Å². The standard InChI is InChI=1S/C20H24N2O3.ClH/c1-15-6-8-17(9-7-15)25-18-5-3-2-4-16(18)14-22-19(23)20(21)10-12-24-13-11-20;/h2-9H,10-14,21H2,1H3,(H,22,23);1H. The second-order valence-electron chi connectivity index (χ2n) is 6.47. The highest BCUT2D eigenvalue weighted by atomic mass is 35.5. The normalized spacial score (nSPS) is 15.6. The third kappa shape index (κ3) is 4.97. The number of aryl methyl sites for hydroxylation is 1. The maximum atomic E-state index is 12.5. The Morgan fingerprint density at radius 3 is 2.50 bits per heavy atom. The van der Waals surface area contributed by atoms with E-state index in [1.807, 2.05) is 55.5 Å². The minimum absolute atomic E-state index is 0. The molecule has 1 aliphatic heterocycles. The first kappa shape index (κ1) is 20.2. The Bertz CT molecular complexity index is 728. The van der Waals surface area contributed by atoms with E-state index >= 15 is 0 Å². The lowest BCUT2D eigenvalue weighted by molar-refractivity contribution is -0.129. The molecule has 0 unspecified atom stereocenters. The van der Waals surface area contributed by atoms with Gasteiger partial charge in [-0.3, -0.25) is 4.79 Å². The van der Waals surface area contributed by atoms with Crippen LogP contribution in [0, 0.1) is 6.92 Å². The zero-order valence-corrected chi connectivity index (χ0v) is 15.7. The summed E-state index contributed by atoms with van der Waals surface area (Å²) in [6, 6.07) is 15.5. The van der Waals surface area contributed by atoms with Crippen LogP contribution < -0.4 is 15.8 Å². The van der Waals surface area contributed by atoms with Crippen molar-refractivity contribution in [3.05, 3.63) is 59.7 Å². The molecule has 26 heavy (non-hydrogen) atoms. The minimum atomic E-state index is -0.842. The molecular formula is C20H25ClN2O3. The molecule has 2 aromatic carbocycles. The molecule has 3 rings (SSSR count). The first-order chi connectivity index (χ1) is 12.1. The molecule has 0 bridgehead atoms. The molecule has 140 valence electrons. The summed E-state index contributed by atoms with van der Waals surface area (Å²) in [5.41, 5.74) is 7.46. The highest BCUT2D eigenvalue weighted by molar-refractivity contribution is 5.86. The quantitative estimate of drug-likeness (QED) is 0.839. The van der Waals surface area contributed by atoms with Crippen molar-refractivity contribution in [2.24, 2.45) is 5.73 Å². The predicted octanol–water partition coefficient (Wildman–Crippen LogP) is 3.33. The van der Waals surface area contributed by atoms with E-state index in [-0.39, 0.29) is 18.3 Å². The number of amides is 1. The van der Waals surface area contributed by atoms with E-state index in [1.54, 1.807) is 0 Å².